The lowest BCUT2D eigenvalue weighted by atomic mass is 9.75. The molecule has 0 radical (unpaired) electrons. The third-order valence-electron chi connectivity index (χ3n) is 6.10. The van der Waals surface area contributed by atoms with Crippen molar-refractivity contribution < 1.29 is 19.1 Å². The van der Waals surface area contributed by atoms with Crippen LogP contribution in [0.15, 0.2) is 0 Å². The van der Waals surface area contributed by atoms with Crippen molar-refractivity contribution in [3.63, 3.8) is 0 Å². The number of carbonyl (C=O) groups is 2. The van der Waals surface area contributed by atoms with E-state index in [1.165, 1.54) is 0 Å². The van der Waals surface area contributed by atoms with Gasteiger partial charge in [-0.05, 0) is 32.1 Å². The van der Waals surface area contributed by atoms with E-state index >= 15 is 0 Å². The first-order chi connectivity index (χ1) is 10.2. The molecule has 4 nitrogen and oxygen atoms in total. The summed E-state index contributed by atoms with van der Waals surface area (Å²) >= 11 is 2.36. The summed E-state index contributed by atoms with van der Waals surface area (Å²) in [7, 11) is 0. The van der Waals surface area contributed by atoms with Crippen LogP contribution in [0.5, 0.6) is 0 Å². The van der Waals surface area contributed by atoms with Crippen LogP contribution in [0.4, 0.5) is 0 Å². The predicted molar refractivity (Wildman–Crippen MR) is 90.5 cm³/mol. The zero-order valence-corrected chi connectivity index (χ0v) is 15.8. The number of alkyl halides is 1. The molecule has 1 saturated heterocycles. The number of rotatable bonds is 5. The minimum atomic E-state index is -0.482. The van der Waals surface area contributed by atoms with Gasteiger partial charge in [0.25, 0.3) is 0 Å². The van der Waals surface area contributed by atoms with Crippen molar-refractivity contribution in [3.8, 4) is 0 Å². The van der Waals surface area contributed by atoms with Gasteiger partial charge in [-0.25, -0.2) is 0 Å². The highest BCUT2D eigenvalue weighted by Gasteiger charge is 2.63. The fraction of sp³-hybridized carbons (Fsp3) is 0.882. The molecule has 124 valence electrons. The maximum atomic E-state index is 12.9. The van der Waals surface area contributed by atoms with Crippen LogP contribution in [0, 0.1) is 29.1 Å². The van der Waals surface area contributed by atoms with E-state index in [2.05, 4.69) is 43.4 Å². The Kier molecular flexibility index (Phi) is 4.23. The van der Waals surface area contributed by atoms with E-state index in [1.807, 2.05) is 6.92 Å². The van der Waals surface area contributed by atoms with Gasteiger partial charge in [-0.2, -0.15) is 0 Å². The molecule has 7 atom stereocenters. The molecule has 0 N–H and O–H groups in total. The van der Waals surface area contributed by atoms with Crippen LogP contribution >= 0.6 is 22.6 Å². The molecule has 5 heteroatoms. The Balaban J connectivity index is 1.73. The Bertz CT molecular complexity index is 489. The molecule has 1 heterocycles. The van der Waals surface area contributed by atoms with Crippen LogP contribution in [0.1, 0.15) is 47.0 Å². The lowest BCUT2D eigenvalue weighted by Gasteiger charge is -2.35. The molecule has 3 rings (SSSR count). The summed E-state index contributed by atoms with van der Waals surface area (Å²) in [6.07, 6.45) is 2.20. The highest BCUT2D eigenvalue weighted by Crippen LogP contribution is 2.55. The average Bonchev–Trinajstić information content (AvgIpc) is 3.02. The van der Waals surface area contributed by atoms with Crippen molar-refractivity contribution >= 4 is 34.5 Å². The van der Waals surface area contributed by atoms with Gasteiger partial charge in [0.05, 0.1) is 11.3 Å². The van der Waals surface area contributed by atoms with Gasteiger partial charge in [0.15, 0.2) is 0 Å². The highest BCUT2D eigenvalue weighted by molar-refractivity contribution is 14.1. The van der Waals surface area contributed by atoms with Crippen LogP contribution in [0.25, 0.3) is 0 Å². The summed E-state index contributed by atoms with van der Waals surface area (Å²) in [4.78, 5) is 24.7. The fourth-order valence-corrected chi connectivity index (χ4v) is 5.38. The SMILES string of the molecule is CC(I)CC(C)(C(=O)OC1C2CC3C(=O)OC1C3C2)C(C)C. The van der Waals surface area contributed by atoms with Gasteiger partial charge in [-0.3, -0.25) is 9.59 Å². The number of hydrogen-bond donors (Lipinski definition) is 0. The van der Waals surface area contributed by atoms with Crippen LogP contribution in [0.3, 0.4) is 0 Å². The quantitative estimate of drug-likeness (QED) is 0.389. The van der Waals surface area contributed by atoms with Gasteiger partial charge in [-0.1, -0.05) is 43.4 Å². The first-order valence-corrected chi connectivity index (χ1v) is 9.54. The molecule has 0 aromatic heterocycles. The molecule has 2 aliphatic carbocycles. The smallest absolute Gasteiger partial charge is 0.312 e. The molecule has 0 spiro atoms. The second-order valence-corrected chi connectivity index (χ2v) is 9.96. The molecule has 7 unspecified atom stereocenters. The molecule has 0 aromatic rings. The first-order valence-electron chi connectivity index (χ1n) is 8.29. The number of esters is 2. The predicted octanol–water partition coefficient (Wildman–Crippen LogP) is 3.36. The van der Waals surface area contributed by atoms with Gasteiger partial charge < -0.3 is 9.47 Å². The lowest BCUT2D eigenvalue weighted by molar-refractivity contribution is -0.174. The topological polar surface area (TPSA) is 52.6 Å². The number of ether oxygens (including phenoxy) is 2. The summed E-state index contributed by atoms with van der Waals surface area (Å²) in [5.41, 5.74) is -0.482. The maximum absolute atomic E-state index is 12.9. The molecule has 3 aliphatic rings. The Morgan fingerprint density at radius 3 is 2.68 bits per heavy atom. The van der Waals surface area contributed by atoms with E-state index in [4.69, 9.17) is 9.47 Å². The van der Waals surface area contributed by atoms with Gasteiger partial charge in [0.1, 0.15) is 12.2 Å². The molecule has 0 amide bonds. The monoisotopic (exact) mass is 420 g/mol. The molecular weight excluding hydrogens is 395 g/mol. The van der Waals surface area contributed by atoms with Gasteiger partial charge in [0, 0.05) is 15.8 Å². The molecule has 22 heavy (non-hydrogen) atoms. The van der Waals surface area contributed by atoms with Crippen LogP contribution < -0.4 is 0 Å². The number of hydrogen-bond acceptors (Lipinski definition) is 4. The number of halogens is 1. The average molecular weight is 420 g/mol. The molecular formula is C17H25IO4. The van der Waals surface area contributed by atoms with E-state index < -0.39 is 5.41 Å². The second kappa shape index (κ2) is 5.64. The number of fused-ring (bicyclic) bond motifs is 1. The molecule has 3 fully saturated rings. The first kappa shape index (κ1) is 16.5. The minimum Gasteiger partial charge on any atom is -0.458 e. The summed E-state index contributed by atoms with van der Waals surface area (Å²) in [6.45, 7) is 8.28. The summed E-state index contributed by atoms with van der Waals surface area (Å²) < 4.78 is 11.8. The third-order valence-corrected chi connectivity index (χ3v) is 6.54. The van der Waals surface area contributed by atoms with Crippen molar-refractivity contribution in [1.29, 1.82) is 0 Å². The van der Waals surface area contributed by atoms with Gasteiger partial charge in [0.2, 0.25) is 0 Å². The third kappa shape index (κ3) is 2.47. The second-order valence-electron chi connectivity index (χ2n) is 7.83. The van der Waals surface area contributed by atoms with E-state index in [0.717, 1.165) is 19.3 Å². The Labute approximate surface area is 145 Å². The van der Waals surface area contributed by atoms with Crippen molar-refractivity contribution in [1.82, 2.24) is 0 Å². The van der Waals surface area contributed by atoms with E-state index in [9.17, 15) is 9.59 Å². The van der Waals surface area contributed by atoms with Crippen molar-refractivity contribution in [2.24, 2.45) is 29.1 Å². The standard InChI is InChI=1S/C17H25IO4/c1-8(2)17(4,7-9(3)18)16(20)22-13-10-5-11-12(6-10)15(19)21-14(11)13/h8-14H,5-7H2,1-4H3. The van der Waals surface area contributed by atoms with Crippen molar-refractivity contribution in [3.05, 3.63) is 0 Å². The van der Waals surface area contributed by atoms with E-state index in [0.29, 0.717) is 9.84 Å². The maximum Gasteiger partial charge on any atom is 0.312 e. The molecule has 1 aliphatic heterocycles. The lowest BCUT2D eigenvalue weighted by Crippen LogP contribution is -2.43. The molecule has 0 aromatic carbocycles. The normalized spacial score (nSPS) is 39.7. The Hall–Kier alpha value is -0.330. The minimum absolute atomic E-state index is 0.0656. The number of carbonyl (C=O) groups excluding carboxylic acids is 2. The zero-order valence-electron chi connectivity index (χ0n) is 13.7. The Morgan fingerprint density at radius 2 is 2.09 bits per heavy atom. The van der Waals surface area contributed by atoms with E-state index in [1.54, 1.807) is 0 Å². The summed E-state index contributed by atoms with van der Waals surface area (Å²) in [5.74, 6) is 0.671. The molecule has 2 saturated carbocycles. The van der Waals surface area contributed by atoms with Gasteiger partial charge >= 0.3 is 11.9 Å². The highest BCUT2D eigenvalue weighted by atomic mass is 127. The fourth-order valence-electron chi connectivity index (χ4n) is 4.46. The zero-order chi connectivity index (χ0) is 16.2. The van der Waals surface area contributed by atoms with Crippen LogP contribution in [-0.4, -0.2) is 28.1 Å². The van der Waals surface area contributed by atoms with Crippen molar-refractivity contribution in [2.75, 3.05) is 0 Å². The van der Waals surface area contributed by atoms with E-state index in [-0.39, 0.29) is 41.9 Å². The molecule has 2 bridgehead atoms. The Morgan fingerprint density at radius 1 is 1.41 bits per heavy atom. The van der Waals surface area contributed by atoms with Crippen LogP contribution in [0.2, 0.25) is 0 Å². The summed E-state index contributed by atoms with van der Waals surface area (Å²) in [5, 5.41) is 0. The largest absolute Gasteiger partial charge is 0.458 e. The summed E-state index contributed by atoms with van der Waals surface area (Å²) in [6, 6.07) is 0. The van der Waals surface area contributed by atoms with Crippen LogP contribution in [-0.2, 0) is 19.1 Å². The van der Waals surface area contributed by atoms with Crippen molar-refractivity contribution in [2.45, 2.75) is 63.1 Å². The van der Waals surface area contributed by atoms with Gasteiger partial charge in [-0.15, -0.1) is 0 Å².